The van der Waals surface area contributed by atoms with E-state index in [0.717, 1.165) is 22.5 Å². The van der Waals surface area contributed by atoms with Gasteiger partial charge in [-0.15, -0.1) is 11.3 Å². The van der Waals surface area contributed by atoms with Crippen molar-refractivity contribution in [2.45, 2.75) is 32.7 Å². The van der Waals surface area contributed by atoms with Gasteiger partial charge in [0.25, 0.3) is 0 Å². The van der Waals surface area contributed by atoms with Crippen molar-refractivity contribution in [3.63, 3.8) is 0 Å². The first kappa shape index (κ1) is 13.5. The first-order chi connectivity index (χ1) is 8.45. The number of hydrogen-bond acceptors (Lipinski definition) is 4. The molecule has 3 nitrogen and oxygen atoms in total. The Morgan fingerprint density at radius 2 is 2.11 bits per heavy atom. The molecule has 0 radical (unpaired) electrons. The van der Waals surface area contributed by atoms with E-state index >= 15 is 0 Å². The topological polar surface area (TPSA) is 37.8 Å². The van der Waals surface area contributed by atoms with Gasteiger partial charge in [0, 0.05) is 10.8 Å². The lowest BCUT2D eigenvalue weighted by molar-refractivity contribution is 0.583. The molecular weight excluding hydrogens is 310 g/mol. The van der Waals surface area contributed by atoms with Gasteiger partial charge in [-0.25, -0.2) is 9.97 Å². The van der Waals surface area contributed by atoms with Crippen LogP contribution in [0.2, 0.25) is 0 Å². The van der Waals surface area contributed by atoms with Gasteiger partial charge < -0.3 is 5.32 Å². The zero-order valence-electron chi connectivity index (χ0n) is 10.7. The maximum atomic E-state index is 4.64. The highest BCUT2D eigenvalue weighted by Gasteiger charge is 2.17. The second kappa shape index (κ2) is 5.36. The summed E-state index contributed by atoms with van der Waals surface area (Å²) in [6, 6.07) is 3.91. The Morgan fingerprint density at radius 3 is 2.67 bits per heavy atom. The molecule has 0 atom stereocenters. The summed E-state index contributed by atoms with van der Waals surface area (Å²) in [4.78, 5) is 8.81. The van der Waals surface area contributed by atoms with Gasteiger partial charge >= 0.3 is 0 Å². The Bertz CT molecular complexity index is 514. The number of thiazole rings is 1. The van der Waals surface area contributed by atoms with Crippen LogP contribution >= 0.6 is 27.3 Å². The van der Waals surface area contributed by atoms with Crippen LogP contribution in [-0.2, 0) is 12.0 Å². The van der Waals surface area contributed by atoms with Crippen molar-refractivity contribution >= 4 is 33.0 Å². The monoisotopic (exact) mass is 325 g/mol. The Labute approximate surface area is 120 Å². The molecule has 0 unspecified atom stereocenters. The molecule has 0 saturated carbocycles. The number of rotatable bonds is 3. The van der Waals surface area contributed by atoms with Gasteiger partial charge in [-0.1, -0.05) is 20.8 Å². The first-order valence-corrected chi connectivity index (χ1v) is 7.43. The minimum absolute atomic E-state index is 0.127. The molecular formula is C13H16BrN3S. The van der Waals surface area contributed by atoms with Crippen molar-refractivity contribution in [2.24, 2.45) is 0 Å². The van der Waals surface area contributed by atoms with Gasteiger partial charge in [0.15, 0.2) is 0 Å². The molecule has 0 bridgehead atoms. The van der Waals surface area contributed by atoms with E-state index < -0.39 is 0 Å². The third-order valence-electron chi connectivity index (χ3n) is 2.39. The lowest BCUT2D eigenvalue weighted by Gasteiger charge is -2.13. The summed E-state index contributed by atoms with van der Waals surface area (Å²) in [6.07, 6.45) is 1.81. The lowest BCUT2D eigenvalue weighted by Crippen LogP contribution is -2.11. The van der Waals surface area contributed by atoms with Gasteiger partial charge in [-0.05, 0) is 28.1 Å². The van der Waals surface area contributed by atoms with Crippen molar-refractivity contribution in [3.05, 3.63) is 39.0 Å². The summed E-state index contributed by atoms with van der Waals surface area (Å²) < 4.78 is 0.844. The summed E-state index contributed by atoms with van der Waals surface area (Å²) in [5, 5.41) is 6.60. The predicted octanol–water partition coefficient (Wildman–Crippen LogP) is 4.21. The van der Waals surface area contributed by atoms with E-state index in [0.29, 0.717) is 0 Å². The van der Waals surface area contributed by atoms with E-state index in [1.165, 1.54) is 5.01 Å². The molecule has 0 saturated heterocycles. The van der Waals surface area contributed by atoms with Crippen molar-refractivity contribution in [1.29, 1.82) is 0 Å². The molecule has 0 aliphatic carbocycles. The Morgan fingerprint density at radius 1 is 1.33 bits per heavy atom. The smallest absolute Gasteiger partial charge is 0.106 e. The van der Waals surface area contributed by atoms with E-state index in [1.807, 2.05) is 12.1 Å². The van der Waals surface area contributed by atoms with E-state index in [9.17, 15) is 0 Å². The number of halogens is 1. The van der Waals surface area contributed by atoms with Gasteiger partial charge in [-0.2, -0.15) is 0 Å². The van der Waals surface area contributed by atoms with E-state index in [-0.39, 0.29) is 5.41 Å². The van der Waals surface area contributed by atoms with Crippen LogP contribution in [0.15, 0.2) is 28.3 Å². The molecule has 0 aliphatic heterocycles. The molecule has 96 valence electrons. The number of nitrogens with one attached hydrogen (secondary N) is 1. The molecule has 2 aromatic heterocycles. The fourth-order valence-corrected chi connectivity index (χ4v) is 2.55. The standard InChI is InChI=1S/C13H16BrN3S/c1-13(2,3)12-17-10(8-18-12)7-15-9-4-5-11(14)16-6-9/h4-6,8,15H,7H2,1-3H3. The van der Waals surface area contributed by atoms with Crippen LogP contribution in [-0.4, -0.2) is 9.97 Å². The van der Waals surface area contributed by atoms with Gasteiger partial charge in [0.2, 0.25) is 0 Å². The zero-order chi connectivity index (χ0) is 13.2. The predicted molar refractivity (Wildman–Crippen MR) is 80.1 cm³/mol. The molecule has 18 heavy (non-hydrogen) atoms. The van der Waals surface area contributed by atoms with E-state index in [1.54, 1.807) is 17.5 Å². The fourth-order valence-electron chi connectivity index (χ4n) is 1.41. The van der Waals surface area contributed by atoms with Crippen LogP contribution in [0.5, 0.6) is 0 Å². The van der Waals surface area contributed by atoms with Gasteiger partial charge in [0.05, 0.1) is 29.1 Å². The summed E-state index contributed by atoms with van der Waals surface area (Å²) >= 11 is 5.04. The Kier molecular flexibility index (Phi) is 4.02. The molecule has 0 aliphatic rings. The molecule has 2 heterocycles. The van der Waals surface area contributed by atoms with E-state index in [2.05, 4.69) is 57.4 Å². The van der Waals surface area contributed by atoms with Crippen LogP contribution in [0.4, 0.5) is 5.69 Å². The SMILES string of the molecule is CC(C)(C)c1nc(CNc2ccc(Br)nc2)cs1. The highest BCUT2D eigenvalue weighted by Crippen LogP contribution is 2.25. The van der Waals surface area contributed by atoms with Crippen molar-refractivity contribution in [2.75, 3.05) is 5.32 Å². The minimum Gasteiger partial charge on any atom is -0.378 e. The van der Waals surface area contributed by atoms with E-state index in [4.69, 9.17) is 0 Å². The Hall–Kier alpha value is -0.940. The average molecular weight is 326 g/mol. The second-order valence-corrected chi connectivity index (χ2v) is 6.79. The van der Waals surface area contributed by atoms with Crippen LogP contribution < -0.4 is 5.32 Å². The molecule has 0 amide bonds. The van der Waals surface area contributed by atoms with Gasteiger partial charge in [0.1, 0.15) is 4.60 Å². The second-order valence-electron chi connectivity index (χ2n) is 5.12. The Balaban J connectivity index is 1.98. The average Bonchev–Trinajstić information content (AvgIpc) is 2.77. The number of nitrogens with zero attached hydrogens (tertiary/aromatic N) is 2. The maximum Gasteiger partial charge on any atom is 0.106 e. The normalized spacial score (nSPS) is 11.6. The number of hydrogen-bond donors (Lipinski definition) is 1. The maximum absolute atomic E-state index is 4.64. The quantitative estimate of drug-likeness (QED) is 0.859. The number of anilines is 1. The first-order valence-electron chi connectivity index (χ1n) is 5.75. The highest BCUT2D eigenvalue weighted by atomic mass is 79.9. The summed E-state index contributed by atoms with van der Waals surface area (Å²) in [7, 11) is 0. The summed E-state index contributed by atoms with van der Waals surface area (Å²) in [5.74, 6) is 0. The van der Waals surface area contributed by atoms with Crippen LogP contribution in [0.25, 0.3) is 0 Å². The third-order valence-corrected chi connectivity index (χ3v) is 4.18. The van der Waals surface area contributed by atoms with Crippen LogP contribution in [0.1, 0.15) is 31.5 Å². The molecule has 0 spiro atoms. The zero-order valence-corrected chi connectivity index (χ0v) is 13.1. The summed E-state index contributed by atoms with van der Waals surface area (Å²) in [5.41, 5.74) is 2.21. The van der Waals surface area contributed by atoms with Crippen molar-refractivity contribution in [3.8, 4) is 0 Å². The largest absolute Gasteiger partial charge is 0.378 e. The van der Waals surface area contributed by atoms with Gasteiger partial charge in [-0.3, -0.25) is 0 Å². The number of aromatic nitrogens is 2. The van der Waals surface area contributed by atoms with Crippen LogP contribution in [0, 0.1) is 0 Å². The molecule has 1 N–H and O–H groups in total. The molecule has 5 heteroatoms. The highest BCUT2D eigenvalue weighted by molar-refractivity contribution is 9.10. The fraction of sp³-hybridized carbons (Fsp3) is 0.385. The minimum atomic E-state index is 0.127. The third kappa shape index (κ3) is 3.53. The summed E-state index contributed by atoms with van der Waals surface area (Å²) in [6.45, 7) is 7.28. The molecule has 0 fully saturated rings. The van der Waals surface area contributed by atoms with Crippen molar-refractivity contribution < 1.29 is 0 Å². The number of pyridine rings is 1. The van der Waals surface area contributed by atoms with Crippen molar-refractivity contribution in [1.82, 2.24) is 9.97 Å². The van der Waals surface area contributed by atoms with Crippen LogP contribution in [0.3, 0.4) is 0 Å². The lowest BCUT2D eigenvalue weighted by atomic mass is 9.98. The molecule has 0 aromatic carbocycles. The molecule has 2 aromatic rings. The molecule has 2 rings (SSSR count).